The Labute approximate surface area is 215 Å². The van der Waals surface area contributed by atoms with Gasteiger partial charge in [0.15, 0.2) is 0 Å². The van der Waals surface area contributed by atoms with Crippen LogP contribution in [-0.4, -0.2) is 40.7 Å². The first-order chi connectivity index (χ1) is 16.7. The van der Waals surface area contributed by atoms with E-state index >= 15 is 0 Å². The Morgan fingerprint density at radius 1 is 0.914 bits per heavy atom. The molecule has 1 saturated heterocycles. The number of fused-ring (bicyclic) bond motifs is 1. The maximum Gasteiger partial charge on any atom is 0.282 e. The van der Waals surface area contributed by atoms with Gasteiger partial charge in [0, 0.05) is 16.2 Å². The van der Waals surface area contributed by atoms with E-state index in [1.165, 1.54) is 30.2 Å². The quantitative estimate of drug-likeness (QED) is 0.179. The second kappa shape index (κ2) is 8.58. The van der Waals surface area contributed by atoms with Crippen molar-refractivity contribution in [1.82, 2.24) is 4.90 Å². The van der Waals surface area contributed by atoms with Gasteiger partial charge in [0.25, 0.3) is 23.4 Å². The number of rotatable bonds is 5. The SMILES string of the molecule is COc1ccc([C@H]2[C@H](N3C(=O)c4cccc([N+](=O)[O-])c4C3=O)C(=O)N2c2ccc(Br)cc2)cc1Br. The summed E-state index contributed by atoms with van der Waals surface area (Å²) < 4.78 is 6.75. The number of hydrogen-bond donors (Lipinski definition) is 0. The third kappa shape index (κ3) is 3.53. The summed E-state index contributed by atoms with van der Waals surface area (Å²) in [6.45, 7) is 0. The Morgan fingerprint density at radius 3 is 2.26 bits per heavy atom. The lowest BCUT2D eigenvalue weighted by Crippen LogP contribution is -2.67. The smallest absolute Gasteiger partial charge is 0.282 e. The first-order valence-corrected chi connectivity index (χ1v) is 11.9. The Balaban J connectivity index is 1.62. The van der Waals surface area contributed by atoms with Gasteiger partial charge in [-0.25, -0.2) is 0 Å². The Bertz CT molecular complexity index is 1430. The molecule has 9 nitrogen and oxygen atoms in total. The molecule has 2 heterocycles. The minimum atomic E-state index is -1.18. The molecule has 0 saturated carbocycles. The summed E-state index contributed by atoms with van der Waals surface area (Å²) in [7, 11) is 1.52. The molecule has 0 aliphatic carbocycles. The van der Waals surface area contributed by atoms with Crippen LogP contribution in [0.25, 0.3) is 0 Å². The first-order valence-electron chi connectivity index (χ1n) is 10.3. The number of carbonyl (C=O) groups is 3. The summed E-state index contributed by atoms with van der Waals surface area (Å²) in [4.78, 5) is 53.2. The Morgan fingerprint density at radius 2 is 1.63 bits per heavy atom. The van der Waals surface area contributed by atoms with E-state index in [2.05, 4.69) is 31.9 Å². The van der Waals surface area contributed by atoms with Crippen LogP contribution >= 0.6 is 31.9 Å². The normalized spacial score (nSPS) is 19.0. The van der Waals surface area contributed by atoms with E-state index in [4.69, 9.17) is 4.74 Å². The molecule has 2 aliphatic heterocycles. The average molecular weight is 601 g/mol. The minimum Gasteiger partial charge on any atom is -0.496 e. The number of carbonyl (C=O) groups excluding carboxylic acids is 3. The zero-order chi connectivity index (χ0) is 25.0. The van der Waals surface area contributed by atoms with Crippen LogP contribution in [0.1, 0.15) is 32.3 Å². The summed E-state index contributed by atoms with van der Waals surface area (Å²) in [5, 5.41) is 11.5. The van der Waals surface area contributed by atoms with Crippen molar-refractivity contribution in [2.24, 2.45) is 0 Å². The molecular formula is C24H15Br2N3O6. The molecule has 11 heteroatoms. The lowest BCUT2D eigenvalue weighted by molar-refractivity contribution is -0.385. The Hall–Kier alpha value is -3.57. The van der Waals surface area contributed by atoms with E-state index in [0.29, 0.717) is 21.5 Å². The number of imide groups is 1. The zero-order valence-electron chi connectivity index (χ0n) is 18.0. The average Bonchev–Trinajstić information content (AvgIpc) is 3.08. The van der Waals surface area contributed by atoms with Crippen molar-refractivity contribution in [3.8, 4) is 5.75 Å². The standard InChI is InChI=1S/C24H15Br2N3O6/c1-35-18-10-5-12(11-16(18)26)20-21(24(32)27(20)14-8-6-13(25)7-9-14)28-22(30)15-3-2-4-17(29(33)34)19(15)23(28)31/h2-11,20-21H,1H3/t20-,21-/m0/s1. The van der Waals surface area contributed by atoms with Gasteiger partial charge in [0.2, 0.25) is 0 Å². The molecule has 5 rings (SSSR count). The third-order valence-electron chi connectivity index (χ3n) is 6.09. The second-order valence-corrected chi connectivity index (χ2v) is 9.68. The first kappa shape index (κ1) is 23.2. The van der Waals surface area contributed by atoms with Gasteiger partial charge in [-0.05, 0) is 64.0 Å². The molecule has 0 spiro atoms. The van der Waals surface area contributed by atoms with Gasteiger partial charge in [0.05, 0.1) is 28.1 Å². The van der Waals surface area contributed by atoms with Crippen LogP contribution < -0.4 is 9.64 Å². The highest BCUT2D eigenvalue weighted by molar-refractivity contribution is 9.10. The molecule has 176 valence electrons. The van der Waals surface area contributed by atoms with Crippen molar-refractivity contribution in [3.63, 3.8) is 0 Å². The van der Waals surface area contributed by atoms with Crippen molar-refractivity contribution >= 4 is 61.0 Å². The molecule has 0 aromatic heterocycles. The summed E-state index contributed by atoms with van der Waals surface area (Å²) >= 11 is 6.82. The number of β-lactam (4-membered cyclic amide) rings is 1. The molecule has 3 amide bonds. The number of nitro groups is 1. The van der Waals surface area contributed by atoms with Crippen molar-refractivity contribution < 1.29 is 24.0 Å². The lowest BCUT2D eigenvalue weighted by Gasteiger charge is -2.49. The minimum absolute atomic E-state index is 0.0891. The molecule has 3 aromatic rings. The highest BCUT2D eigenvalue weighted by Crippen LogP contribution is 2.46. The van der Waals surface area contributed by atoms with Gasteiger partial charge in [0.1, 0.15) is 17.4 Å². The van der Waals surface area contributed by atoms with Gasteiger partial charge < -0.3 is 9.64 Å². The summed E-state index contributed by atoms with van der Waals surface area (Å²) in [6.07, 6.45) is 0. The zero-order valence-corrected chi connectivity index (χ0v) is 21.1. The van der Waals surface area contributed by atoms with E-state index in [0.717, 1.165) is 9.37 Å². The van der Waals surface area contributed by atoms with Gasteiger partial charge >= 0.3 is 0 Å². The van der Waals surface area contributed by atoms with E-state index in [9.17, 15) is 24.5 Å². The van der Waals surface area contributed by atoms with E-state index < -0.39 is 40.4 Å². The van der Waals surface area contributed by atoms with Crippen LogP contribution in [0.4, 0.5) is 11.4 Å². The maximum absolute atomic E-state index is 13.5. The van der Waals surface area contributed by atoms with Crippen LogP contribution in [0, 0.1) is 10.1 Å². The predicted molar refractivity (Wildman–Crippen MR) is 132 cm³/mol. The molecule has 0 unspecified atom stereocenters. The summed E-state index contributed by atoms with van der Waals surface area (Å²) in [5.74, 6) is -1.49. The predicted octanol–water partition coefficient (Wildman–Crippen LogP) is 4.88. The molecule has 0 bridgehead atoms. The fourth-order valence-electron chi connectivity index (χ4n) is 4.50. The molecular weight excluding hydrogens is 586 g/mol. The van der Waals surface area contributed by atoms with Crippen molar-refractivity contribution in [2.75, 3.05) is 12.0 Å². The molecule has 1 fully saturated rings. The van der Waals surface area contributed by atoms with Crippen molar-refractivity contribution in [2.45, 2.75) is 12.1 Å². The van der Waals surface area contributed by atoms with Gasteiger partial charge in [-0.15, -0.1) is 0 Å². The molecule has 2 atom stereocenters. The lowest BCUT2D eigenvalue weighted by atomic mass is 9.86. The Kier molecular flexibility index (Phi) is 5.68. The van der Waals surface area contributed by atoms with Gasteiger partial charge in [-0.1, -0.05) is 28.1 Å². The number of halogens is 2. The molecule has 0 N–H and O–H groups in total. The fourth-order valence-corrected chi connectivity index (χ4v) is 5.33. The summed E-state index contributed by atoms with van der Waals surface area (Å²) in [5.41, 5.74) is 0.370. The number of amides is 3. The van der Waals surface area contributed by atoms with Gasteiger partial charge in [-0.3, -0.25) is 29.4 Å². The van der Waals surface area contributed by atoms with Crippen molar-refractivity contribution in [3.05, 3.63) is 96.4 Å². The van der Waals surface area contributed by atoms with Crippen LogP contribution in [0.5, 0.6) is 5.75 Å². The molecule has 0 radical (unpaired) electrons. The topological polar surface area (TPSA) is 110 Å². The third-order valence-corrected chi connectivity index (χ3v) is 7.24. The molecule has 2 aliphatic rings. The fraction of sp³-hybridized carbons (Fsp3) is 0.125. The largest absolute Gasteiger partial charge is 0.496 e. The highest BCUT2D eigenvalue weighted by Gasteiger charge is 2.58. The number of anilines is 1. The summed E-state index contributed by atoms with van der Waals surface area (Å²) in [6, 6.07) is 14.3. The number of ether oxygens (including phenoxy) is 1. The number of nitro benzene ring substituents is 1. The van der Waals surface area contributed by atoms with E-state index in [-0.39, 0.29) is 11.1 Å². The van der Waals surface area contributed by atoms with Crippen LogP contribution in [0.15, 0.2) is 69.6 Å². The number of nitrogens with zero attached hydrogens (tertiary/aromatic N) is 3. The van der Waals surface area contributed by atoms with Crippen LogP contribution in [0.3, 0.4) is 0 Å². The highest BCUT2D eigenvalue weighted by atomic mass is 79.9. The maximum atomic E-state index is 13.5. The monoisotopic (exact) mass is 599 g/mol. The van der Waals surface area contributed by atoms with Crippen LogP contribution in [0.2, 0.25) is 0 Å². The number of methoxy groups -OCH3 is 1. The van der Waals surface area contributed by atoms with Crippen molar-refractivity contribution in [1.29, 1.82) is 0 Å². The van der Waals surface area contributed by atoms with Crippen LogP contribution in [-0.2, 0) is 4.79 Å². The van der Waals surface area contributed by atoms with Gasteiger partial charge in [-0.2, -0.15) is 0 Å². The van der Waals surface area contributed by atoms with E-state index in [1.807, 2.05) is 0 Å². The number of hydrogen-bond acceptors (Lipinski definition) is 6. The van der Waals surface area contributed by atoms with E-state index in [1.54, 1.807) is 42.5 Å². The molecule has 35 heavy (non-hydrogen) atoms. The molecule has 3 aromatic carbocycles. The number of benzene rings is 3. The second-order valence-electron chi connectivity index (χ2n) is 7.91.